The maximum absolute atomic E-state index is 13.9. The Morgan fingerprint density at radius 3 is 1.68 bits per heavy atom. The number of carbonyl (C=O) groups is 2. The van der Waals surface area contributed by atoms with E-state index in [9.17, 15) is 9.59 Å². The minimum Gasteiger partial charge on any atom is -0.369 e. The first-order chi connectivity index (χ1) is 28.8. The number of H-pyrrole nitrogens is 2. The van der Waals surface area contributed by atoms with Gasteiger partial charge in [0.05, 0.1) is 35.9 Å². The summed E-state index contributed by atoms with van der Waals surface area (Å²) in [6.07, 6.45) is 7.43. The molecule has 302 valence electrons. The molecule has 11 nitrogen and oxygen atoms in total. The zero-order valence-corrected chi connectivity index (χ0v) is 34.2. The molecular formula is C48H53N9O2. The fourth-order valence-electron chi connectivity index (χ4n) is 9.10. The fourth-order valence-corrected chi connectivity index (χ4v) is 9.10. The van der Waals surface area contributed by atoms with Crippen molar-refractivity contribution in [1.82, 2.24) is 39.5 Å². The third-order valence-corrected chi connectivity index (χ3v) is 12.4. The van der Waals surface area contributed by atoms with Crippen LogP contribution in [0.25, 0.3) is 33.6 Å². The van der Waals surface area contributed by atoms with Crippen LogP contribution in [0.1, 0.15) is 71.4 Å². The second-order valence-corrected chi connectivity index (χ2v) is 16.5. The second-order valence-electron chi connectivity index (χ2n) is 16.5. The van der Waals surface area contributed by atoms with Gasteiger partial charge in [-0.05, 0) is 98.9 Å². The first-order valence-electron chi connectivity index (χ1n) is 21.0. The molecule has 0 aliphatic carbocycles. The van der Waals surface area contributed by atoms with Gasteiger partial charge in [-0.15, -0.1) is 0 Å². The molecule has 0 radical (unpaired) electrons. The van der Waals surface area contributed by atoms with Gasteiger partial charge in [0.1, 0.15) is 17.7 Å². The zero-order chi connectivity index (χ0) is 40.5. The van der Waals surface area contributed by atoms with Crippen LogP contribution in [-0.2, 0) is 4.79 Å². The number of aromatic amines is 2. The molecule has 59 heavy (non-hydrogen) atoms. The van der Waals surface area contributed by atoms with Crippen LogP contribution in [0.15, 0.2) is 116 Å². The lowest BCUT2D eigenvalue weighted by Crippen LogP contribution is -2.44. The summed E-state index contributed by atoms with van der Waals surface area (Å²) in [7, 11) is 6.08. The lowest BCUT2D eigenvalue weighted by Gasteiger charge is -2.34. The molecule has 3 fully saturated rings. The third kappa shape index (κ3) is 7.92. The first-order valence-corrected chi connectivity index (χ1v) is 21.0. The number of aromatic nitrogens is 4. The van der Waals surface area contributed by atoms with Crippen molar-refractivity contribution >= 4 is 17.5 Å². The minimum absolute atomic E-state index is 0.0588. The fraction of sp³-hybridized carbons (Fsp3) is 0.333. The van der Waals surface area contributed by atoms with Gasteiger partial charge >= 0.3 is 0 Å². The van der Waals surface area contributed by atoms with Crippen LogP contribution in [0, 0.1) is 0 Å². The molecule has 3 saturated heterocycles. The molecule has 0 unspecified atom stereocenters. The molecule has 2 aromatic heterocycles. The van der Waals surface area contributed by atoms with Crippen molar-refractivity contribution < 1.29 is 9.59 Å². The summed E-state index contributed by atoms with van der Waals surface area (Å²) in [5.41, 5.74) is 9.09. The van der Waals surface area contributed by atoms with Gasteiger partial charge in [0, 0.05) is 50.5 Å². The maximum Gasteiger partial charge on any atom is 0.254 e. The number of amides is 2. The summed E-state index contributed by atoms with van der Waals surface area (Å²) >= 11 is 0. The van der Waals surface area contributed by atoms with E-state index in [0.717, 1.165) is 121 Å². The lowest BCUT2D eigenvalue weighted by atomic mass is 10.0. The molecule has 0 spiro atoms. The molecule has 0 bridgehead atoms. The Morgan fingerprint density at radius 2 is 1.14 bits per heavy atom. The molecule has 9 rings (SSSR count). The van der Waals surface area contributed by atoms with Crippen LogP contribution in [0.4, 0.5) is 5.69 Å². The van der Waals surface area contributed by atoms with Crippen molar-refractivity contribution in [1.29, 1.82) is 0 Å². The van der Waals surface area contributed by atoms with E-state index in [1.165, 1.54) is 5.69 Å². The van der Waals surface area contributed by atoms with Crippen LogP contribution in [0.2, 0.25) is 0 Å². The van der Waals surface area contributed by atoms with E-state index in [-0.39, 0.29) is 29.9 Å². The molecule has 5 heterocycles. The summed E-state index contributed by atoms with van der Waals surface area (Å²) in [6.45, 7) is 5.55. The number of hydrogen-bond acceptors (Lipinski definition) is 7. The molecule has 2 amide bonds. The monoisotopic (exact) mass is 787 g/mol. The Balaban J connectivity index is 0.836. The van der Waals surface area contributed by atoms with Crippen molar-refractivity contribution in [3.05, 3.63) is 138 Å². The smallest absolute Gasteiger partial charge is 0.254 e. The van der Waals surface area contributed by atoms with E-state index in [1.54, 1.807) is 0 Å². The summed E-state index contributed by atoms with van der Waals surface area (Å²) < 4.78 is 0. The van der Waals surface area contributed by atoms with Crippen LogP contribution in [0.3, 0.4) is 0 Å². The summed E-state index contributed by atoms with van der Waals surface area (Å²) in [5, 5.41) is 0. The average molecular weight is 788 g/mol. The van der Waals surface area contributed by atoms with Gasteiger partial charge in [0.25, 0.3) is 5.91 Å². The third-order valence-electron chi connectivity index (χ3n) is 12.4. The number of likely N-dealkylation sites (N-methyl/N-ethyl adjacent to an activating group) is 2. The van der Waals surface area contributed by atoms with Crippen LogP contribution in [0.5, 0.6) is 0 Å². The highest BCUT2D eigenvalue weighted by atomic mass is 16.2. The number of rotatable bonds is 10. The largest absolute Gasteiger partial charge is 0.369 e. The van der Waals surface area contributed by atoms with Crippen LogP contribution in [-0.4, -0.2) is 112 Å². The van der Waals surface area contributed by atoms with E-state index < -0.39 is 0 Å². The second kappa shape index (κ2) is 16.7. The highest BCUT2D eigenvalue weighted by molar-refractivity contribution is 5.95. The molecule has 3 aliphatic heterocycles. The number of benzene rings is 4. The average Bonchev–Trinajstić information content (AvgIpc) is 4.12. The predicted octanol–water partition coefficient (Wildman–Crippen LogP) is 7.83. The van der Waals surface area contributed by atoms with Gasteiger partial charge in [-0.25, -0.2) is 9.97 Å². The van der Waals surface area contributed by atoms with E-state index >= 15 is 0 Å². The number of nitrogens with one attached hydrogen (secondary N) is 2. The topological polar surface area (TPSA) is 108 Å². The Hall–Kier alpha value is -6.04. The van der Waals surface area contributed by atoms with Crippen molar-refractivity contribution in [2.45, 2.75) is 43.8 Å². The number of carbonyl (C=O) groups excluding carboxylic acids is 2. The predicted molar refractivity (Wildman–Crippen MR) is 233 cm³/mol. The highest BCUT2D eigenvalue weighted by Crippen LogP contribution is 2.36. The van der Waals surface area contributed by atoms with Crippen molar-refractivity contribution in [2.75, 3.05) is 65.3 Å². The van der Waals surface area contributed by atoms with Gasteiger partial charge in [0.15, 0.2) is 0 Å². The van der Waals surface area contributed by atoms with Gasteiger partial charge in [-0.2, -0.15) is 0 Å². The molecule has 4 aromatic carbocycles. The van der Waals surface area contributed by atoms with E-state index in [0.29, 0.717) is 0 Å². The number of likely N-dealkylation sites (tertiary alicyclic amines) is 2. The summed E-state index contributed by atoms with van der Waals surface area (Å²) in [6, 6.07) is 34.7. The van der Waals surface area contributed by atoms with Gasteiger partial charge in [-0.3, -0.25) is 14.5 Å². The molecule has 3 aliphatic rings. The van der Waals surface area contributed by atoms with Gasteiger partial charge in [-0.1, -0.05) is 78.9 Å². The summed E-state index contributed by atoms with van der Waals surface area (Å²) in [4.78, 5) is 55.0. The van der Waals surface area contributed by atoms with E-state index in [1.807, 2.05) is 83.7 Å². The van der Waals surface area contributed by atoms with Crippen molar-refractivity contribution in [3.63, 3.8) is 0 Å². The van der Waals surface area contributed by atoms with E-state index in [2.05, 4.69) is 87.5 Å². The van der Waals surface area contributed by atoms with Crippen LogP contribution < -0.4 is 4.90 Å². The Kier molecular flexibility index (Phi) is 10.9. The Labute approximate surface area is 346 Å². The normalized spacial score (nSPS) is 19.2. The van der Waals surface area contributed by atoms with E-state index in [4.69, 9.17) is 9.97 Å². The standard InChI is InChI=1S/C48H53N9O2/c1-53(2)44(37-9-5-4-6-10-37)48(59)57-26-8-12-43(57)46-50-32-41(52-46)36-19-15-34(16-20-36)33-13-17-35(18-14-33)40-31-49-45(51-40)42-11-7-25-56(42)47(58)38-21-23-39(24-22-38)55-29-27-54(3)28-30-55/h4-6,9-10,13-24,31-32,42-44H,7-8,11-12,25-30H2,1-3H3,(H,49,51)(H,50,52)/t42-,43-,44+/m0/s1. The molecule has 2 N–H and O–H groups in total. The molecule has 0 saturated carbocycles. The molecule has 6 aromatic rings. The number of nitrogens with zero attached hydrogens (tertiary/aromatic N) is 7. The number of anilines is 1. The lowest BCUT2D eigenvalue weighted by molar-refractivity contribution is -0.137. The molecular weight excluding hydrogens is 735 g/mol. The zero-order valence-electron chi connectivity index (χ0n) is 34.2. The Bertz CT molecular complexity index is 2360. The Morgan fingerprint density at radius 1 is 0.627 bits per heavy atom. The van der Waals surface area contributed by atoms with Crippen molar-refractivity contribution in [2.24, 2.45) is 0 Å². The quantitative estimate of drug-likeness (QED) is 0.146. The minimum atomic E-state index is -0.341. The number of imidazole rings is 2. The van der Waals surface area contributed by atoms with Gasteiger partial charge in [0.2, 0.25) is 5.91 Å². The SMILES string of the molecule is CN1CCN(c2ccc(C(=O)N3CCC[C@H]3c3ncc(-c4ccc(-c5ccc(-c6cnc([C@@H]7CCCN7C(=O)[C@@H](c7ccccc7)N(C)C)[nH]6)cc5)cc4)[nH]3)cc2)CC1. The van der Waals surface area contributed by atoms with Gasteiger partial charge < -0.3 is 29.6 Å². The summed E-state index contributed by atoms with van der Waals surface area (Å²) in [5.74, 6) is 1.83. The molecule has 11 heteroatoms. The van der Waals surface area contributed by atoms with Crippen LogP contribution >= 0.6 is 0 Å². The highest BCUT2D eigenvalue weighted by Gasteiger charge is 2.37. The molecule has 3 atom stereocenters. The number of hydrogen-bond donors (Lipinski definition) is 2. The number of piperazine rings is 1. The first kappa shape index (κ1) is 38.5. The van der Waals surface area contributed by atoms with Crippen molar-refractivity contribution in [3.8, 4) is 33.6 Å². The maximum atomic E-state index is 13.9.